The molecule has 1 aromatic carbocycles. The third kappa shape index (κ3) is 3.19. The van der Waals surface area contributed by atoms with E-state index in [0.717, 1.165) is 31.6 Å². The molecule has 1 saturated heterocycles. The van der Waals surface area contributed by atoms with Crippen LogP contribution >= 0.6 is 0 Å². The number of rotatable bonds is 2. The molecular weight excluding hydrogens is 262 g/mol. The maximum atomic E-state index is 11.3. The highest BCUT2D eigenvalue weighted by molar-refractivity contribution is 7.89. The summed E-state index contributed by atoms with van der Waals surface area (Å²) >= 11 is 0. The van der Waals surface area contributed by atoms with Gasteiger partial charge in [-0.2, -0.15) is 0 Å². The predicted octanol–water partition coefficient (Wildman–Crippen LogP) is 1.54. The molecule has 19 heavy (non-hydrogen) atoms. The normalized spacial score (nSPS) is 19.4. The van der Waals surface area contributed by atoms with Crippen LogP contribution in [0, 0.1) is 5.41 Å². The monoisotopic (exact) mass is 283 g/mol. The van der Waals surface area contributed by atoms with Crippen LogP contribution in [0.1, 0.15) is 26.7 Å². The van der Waals surface area contributed by atoms with E-state index >= 15 is 0 Å². The van der Waals surface area contributed by atoms with Crippen LogP contribution in [-0.4, -0.2) is 21.5 Å². The molecule has 1 fully saturated rings. The molecule has 0 unspecified atom stereocenters. The molecule has 0 aromatic heterocycles. The molecule has 5 nitrogen and oxygen atoms in total. The molecular formula is C13H21N3O2S. The Kier molecular flexibility index (Phi) is 3.49. The number of benzene rings is 1. The van der Waals surface area contributed by atoms with Crippen LogP contribution in [0.15, 0.2) is 23.1 Å². The van der Waals surface area contributed by atoms with Gasteiger partial charge >= 0.3 is 0 Å². The number of nitrogens with two attached hydrogens (primary N) is 2. The van der Waals surface area contributed by atoms with E-state index in [9.17, 15) is 8.42 Å². The fourth-order valence-corrected chi connectivity index (χ4v) is 2.90. The van der Waals surface area contributed by atoms with E-state index in [2.05, 4.69) is 18.7 Å². The summed E-state index contributed by atoms with van der Waals surface area (Å²) in [4.78, 5) is 2.26. The van der Waals surface area contributed by atoms with Gasteiger partial charge in [0.05, 0.1) is 16.3 Å². The zero-order chi connectivity index (χ0) is 14.3. The first kappa shape index (κ1) is 14.1. The highest BCUT2D eigenvalue weighted by atomic mass is 32.2. The Morgan fingerprint density at radius 2 is 1.79 bits per heavy atom. The number of hydrogen-bond donors (Lipinski definition) is 2. The summed E-state index contributed by atoms with van der Waals surface area (Å²) < 4.78 is 22.5. The van der Waals surface area contributed by atoms with Gasteiger partial charge in [-0.05, 0) is 36.5 Å². The summed E-state index contributed by atoms with van der Waals surface area (Å²) in [6, 6.07) is 4.69. The summed E-state index contributed by atoms with van der Waals surface area (Å²) in [7, 11) is -3.69. The van der Waals surface area contributed by atoms with Gasteiger partial charge in [0, 0.05) is 13.1 Å². The van der Waals surface area contributed by atoms with Gasteiger partial charge in [0.1, 0.15) is 0 Å². The average Bonchev–Trinajstić information content (AvgIpc) is 2.28. The molecule has 0 spiro atoms. The van der Waals surface area contributed by atoms with Crippen LogP contribution in [0.5, 0.6) is 0 Å². The van der Waals surface area contributed by atoms with E-state index in [1.54, 1.807) is 6.07 Å². The predicted molar refractivity (Wildman–Crippen MR) is 77.5 cm³/mol. The lowest BCUT2D eigenvalue weighted by molar-refractivity contribution is 0.280. The maximum Gasteiger partial charge on any atom is 0.238 e. The Balaban J connectivity index is 2.23. The van der Waals surface area contributed by atoms with E-state index in [1.165, 1.54) is 12.1 Å². The molecule has 0 saturated carbocycles. The van der Waals surface area contributed by atoms with Crippen LogP contribution in [0.25, 0.3) is 0 Å². The van der Waals surface area contributed by atoms with Crippen molar-refractivity contribution in [3.8, 4) is 0 Å². The molecule has 0 atom stereocenters. The molecule has 6 heteroatoms. The van der Waals surface area contributed by atoms with Gasteiger partial charge in [0.2, 0.25) is 10.0 Å². The summed E-state index contributed by atoms with van der Waals surface area (Å²) in [6.07, 6.45) is 2.20. The zero-order valence-electron chi connectivity index (χ0n) is 11.4. The molecule has 0 aliphatic carbocycles. The van der Waals surface area contributed by atoms with Crippen molar-refractivity contribution >= 4 is 21.4 Å². The second-order valence-electron chi connectivity index (χ2n) is 5.92. The molecule has 4 N–H and O–H groups in total. The molecule has 0 amide bonds. The summed E-state index contributed by atoms with van der Waals surface area (Å²) in [6.45, 7) is 6.40. The first-order chi connectivity index (χ1) is 8.69. The van der Waals surface area contributed by atoms with Crippen LogP contribution < -0.4 is 15.8 Å². The number of nitrogen functional groups attached to an aromatic ring is 1. The van der Waals surface area contributed by atoms with Crippen LogP contribution in [0.3, 0.4) is 0 Å². The van der Waals surface area contributed by atoms with Gasteiger partial charge < -0.3 is 10.6 Å². The minimum Gasteiger partial charge on any atom is -0.397 e. The van der Waals surface area contributed by atoms with E-state index < -0.39 is 10.0 Å². The Labute approximate surface area is 114 Å². The maximum absolute atomic E-state index is 11.3. The average molecular weight is 283 g/mol. The molecule has 0 bridgehead atoms. The Hall–Kier alpha value is -1.27. The fourth-order valence-electron chi connectivity index (χ4n) is 2.35. The number of primary sulfonamides is 1. The number of piperidine rings is 1. The van der Waals surface area contributed by atoms with Gasteiger partial charge in [-0.25, -0.2) is 13.6 Å². The van der Waals surface area contributed by atoms with Crippen LogP contribution in [0.4, 0.5) is 11.4 Å². The Morgan fingerprint density at radius 3 is 2.26 bits per heavy atom. The zero-order valence-corrected chi connectivity index (χ0v) is 12.2. The second-order valence-corrected chi connectivity index (χ2v) is 7.48. The molecule has 1 aliphatic rings. The first-order valence-electron chi connectivity index (χ1n) is 6.36. The lowest BCUT2D eigenvalue weighted by Gasteiger charge is -2.38. The smallest absolute Gasteiger partial charge is 0.238 e. The lowest BCUT2D eigenvalue weighted by Crippen LogP contribution is -2.37. The number of anilines is 2. The SMILES string of the molecule is CC1(C)CCN(c2ccc(S(N)(=O)=O)cc2N)CC1. The van der Waals surface area contributed by atoms with E-state index in [0.29, 0.717) is 11.1 Å². The van der Waals surface area contributed by atoms with E-state index in [4.69, 9.17) is 10.9 Å². The molecule has 0 radical (unpaired) electrons. The van der Waals surface area contributed by atoms with Crippen molar-refractivity contribution in [1.82, 2.24) is 0 Å². The van der Waals surface area contributed by atoms with Crippen molar-refractivity contribution in [3.05, 3.63) is 18.2 Å². The summed E-state index contributed by atoms with van der Waals surface area (Å²) in [5.74, 6) is 0. The second kappa shape index (κ2) is 4.68. The summed E-state index contributed by atoms with van der Waals surface area (Å²) in [5.41, 5.74) is 7.68. The van der Waals surface area contributed by atoms with Gasteiger partial charge in [-0.1, -0.05) is 13.8 Å². The minimum absolute atomic E-state index is 0.0612. The lowest BCUT2D eigenvalue weighted by atomic mass is 9.82. The van der Waals surface area contributed by atoms with Crippen LogP contribution in [-0.2, 0) is 10.0 Å². The number of hydrogen-bond acceptors (Lipinski definition) is 4. The van der Waals surface area contributed by atoms with E-state index in [-0.39, 0.29) is 4.90 Å². The van der Waals surface area contributed by atoms with Crippen molar-refractivity contribution < 1.29 is 8.42 Å². The minimum atomic E-state index is -3.69. The molecule has 1 aromatic rings. The largest absolute Gasteiger partial charge is 0.397 e. The molecule has 2 rings (SSSR count). The number of sulfonamides is 1. The highest BCUT2D eigenvalue weighted by Crippen LogP contribution is 2.34. The molecule has 1 heterocycles. The molecule has 106 valence electrons. The highest BCUT2D eigenvalue weighted by Gasteiger charge is 2.26. The van der Waals surface area contributed by atoms with Crippen molar-refractivity contribution in [3.63, 3.8) is 0 Å². The third-order valence-electron chi connectivity index (χ3n) is 3.79. The van der Waals surface area contributed by atoms with Crippen LogP contribution in [0.2, 0.25) is 0 Å². The fraction of sp³-hybridized carbons (Fsp3) is 0.538. The van der Waals surface area contributed by atoms with E-state index in [1.807, 2.05) is 0 Å². The molecule has 1 aliphatic heterocycles. The van der Waals surface area contributed by atoms with Crippen molar-refractivity contribution in [2.24, 2.45) is 10.6 Å². The third-order valence-corrected chi connectivity index (χ3v) is 4.70. The van der Waals surface area contributed by atoms with Gasteiger partial charge in [-0.15, -0.1) is 0 Å². The van der Waals surface area contributed by atoms with Crippen molar-refractivity contribution in [2.75, 3.05) is 23.7 Å². The standard InChI is InChI=1S/C13H21N3O2S/c1-13(2)5-7-16(8-6-13)12-4-3-10(9-11(12)14)19(15,17)18/h3-4,9H,5-8,14H2,1-2H3,(H2,15,17,18). The topological polar surface area (TPSA) is 89.4 Å². The Morgan fingerprint density at radius 1 is 1.21 bits per heavy atom. The van der Waals surface area contributed by atoms with Crippen molar-refractivity contribution in [2.45, 2.75) is 31.6 Å². The Bertz CT molecular complexity index is 572. The first-order valence-corrected chi connectivity index (χ1v) is 7.91. The van der Waals surface area contributed by atoms with Crippen molar-refractivity contribution in [1.29, 1.82) is 0 Å². The quantitative estimate of drug-likeness (QED) is 0.806. The van der Waals surface area contributed by atoms with Gasteiger partial charge in [0.15, 0.2) is 0 Å². The number of nitrogens with zero attached hydrogens (tertiary/aromatic N) is 1. The van der Waals surface area contributed by atoms with Gasteiger partial charge in [0.25, 0.3) is 0 Å². The van der Waals surface area contributed by atoms with Gasteiger partial charge in [-0.3, -0.25) is 0 Å². The summed E-state index contributed by atoms with van der Waals surface area (Å²) in [5, 5.41) is 5.09.